The smallest absolute Gasteiger partial charge is 0.257 e. The Balaban J connectivity index is 2.91. The second-order valence-electron chi connectivity index (χ2n) is 3.62. The molecule has 0 spiro atoms. The van der Waals surface area contributed by atoms with E-state index in [0.717, 1.165) is 12.3 Å². The zero-order valence-electron chi connectivity index (χ0n) is 9.14. The van der Waals surface area contributed by atoms with Crippen LogP contribution in [0, 0.1) is 5.82 Å². The number of anilines is 1. The molecule has 0 saturated heterocycles. The number of carbonyl (C=O) groups is 1. The minimum Gasteiger partial charge on any atom is -0.392 e. The third-order valence-corrected chi connectivity index (χ3v) is 2.00. The van der Waals surface area contributed by atoms with Gasteiger partial charge in [0, 0.05) is 13.6 Å². The highest BCUT2D eigenvalue weighted by Gasteiger charge is 2.17. The van der Waals surface area contributed by atoms with Gasteiger partial charge < -0.3 is 15.7 Å². The molecule has 5 nitrogen and oxygen atoms in total. The van der Waals surface area contributed by atoms with Crippen LogP contribution in [0.2, 0.25) is 0 Å². The lowest BCUT2D eigenvalue weighted by Gasteiger charge is -2.19. The summed E-state index contributed by atoms with van der Waals surface area (Å²) in [5.41, 5.74) is 5.47. The van der Waals surface area contributed by atoms with Gasteiger partial charge in [-0.25, -0.2) is 9.37 Å². The first-order chi connectivity index (χ1) is 7.41. The lowest BCUT2D eigenvalue weighted by molar-refractivity contribution is 0.0704. The molecule has 6 heteroatoms. The molecular weight excluding hydrogens is 213 g/mol. The topological polar surface area (TPSA) is 79.5 Å². The summed E-state index contributed by atoms with van der Waals surface area (Å²) >= 11 is 0. The van der Waals surface area contributed by atoms with Crippen molar-refractivity contribution in [1.82, 2.24) is 9.88 Å². The van der Waals surface area contributed by atoms with Gasteiger partial charge in [0.25, 0.3) is 5.91 Å². The molecule has 1 aromatic heterocycles. The van der Waals surface area contributed by atoms with Crippen molar-refractivity contribution in [2.45, 2.75) is 13.0 Å². The summed E-state index contributed by atoms with van der Waals surface area (Å²) in [4.78, 5) is 16.6. The monoisotopic (exact) mass is 227 g/mol. The van der Waals surface area contributed by atoms with E-state index in [-0.39, 0.29) is 17.9 Å². The number of hydrogen-bond acceptors (Lipinski definition) is 4. The Kier molecular flexibility index (Phi) is 3.78. The van der Waals surface area contributed by atoms with Crippen molar-refractivity contribution in [2.75, 3.05) is 19.3 Å². The van der Waals surface area contributed by atoms with Crippen LogP contribution in [-0.2, 0) is 0 Å². The van der Waals surface area contributed by atoms with Crippen LogP contribution in [0.15, 0.2) is 12.3 Å². The second kappa shape index (κ2) is 4.89. The SMILES string of the molecule is CC(O)CN(C)C(=O)c1cc(F)cnc1N. The Labute approximate surface area is 92.7 Å². The van der Waals surface area contributed by atoms with Crippen LogP contribution in [0.3, 0.4) is 0 Å². The lowest BCUT2D eigenvalue weighted by Crippen LogP contribution is -2.33. The van der Waals surface area contributed by atoms with Crippen LogP contribution in [-0.4, -0.2) is 40.6 Å². The molecule has 0 fully saturated rings. The van der Waals surface area contributed by atoms with E-state index in [9.17, 15) is 9.18 Å². The van der Waals surface area contributed by atoms with Gasteiger partial charge in [-0.3, -0.25) is 4.79 Å². The zero-order valence-corrected chi connectivity index (χ0v) is 9.14. The normalized spacial score (nSPS) is 12.2. The molecule has 0 bridgehead atoms. The summed E-state index contributed by atoms with van der Waals surface area (Å²) in [5, 5.41) is 9.13. The number of pyridine rings is 1. The molecule has 1 unspecified atom stereocenters. The first kappa shape index (κ1) is 12.4. The lowest BCUT2D eigenvalue weighted by atomic mass is 10.2. The number of rotatable bonds is 3. The van der Waals surface area contributed by atoms with Gasteiger partial charge in [-0.2, -0.15) is 0 Å². The number of aromatic nitrogens is 1. The number of aliphatic hydroxyl groups excluding tert-OH is 1. The van der Waals surface area contributed by atoms with E-state index in [0.29, 0.717) is 0 Å². The fourth-order valence-electron chi connectivity index (χ4n) is 1.31. The molecule has 1 atom stereocenters. The van der Waals surface area contributed by atoms with E-state index in [1.165, 1.54) is 11.9 Å². The van der Waals surface area contributed by atoms with Gasteiger partial charge in [-0.15, -0.1) is 0 Å². The van der Waals surface area contributed by atoms with E-state index in [1.54, 1.807) is 6.92 Å². The summed E-state index contributed by atoms with van der Waals surface area (Å²) in [6.07, 6.45) is 0.289. The molecule has 16 heavy (non-hydrogen) atoms. The van der Waals surface area contributed by atoms with Crippen molar-refractivity contribution in [2.24, 2.45) is 0 Å². The standard InChI is InChI=1S/C10H14FN3O2/c1-6(15)5-14(2)10(16)8-3-7(11)4-13-9(8)12/h3-4,6,15H,5H2,1-2H3,(H2,12,13). The third-order valence-electron chi connectivity index (χ3n) is 2.00. The summed E-state index contributed by atoms with van der Waals surface area (Å²) in [6, 6.07) is 1.03. The van der Waals surface area contributed by atoms with Gasteiger partial charge in [0.1, 0.15) is 11.6 Å². The van der Waals surface area contributed by atoms with E-state index in [2.05, 4.69) is 4.98 Å². The quantitative estimate of drug-likeness (QED) is 0.776. The number of nitrogens with zero attached hydrogens (tertiary/aromatic N) is 2. The third kappa shape index (κ3) is 2.90. The largest absolute Gasteiger partial charge is 0.392 e. The van der Waals surface area contributed by atoms with Gasteiger partial charge in [-0.1, -0.05) is 0 Å². The fourth-order valence-corrected chi connectivity index (χ4v) is 1.31. The average Bonchev–Trinajstić information content (AvgIpc) is 2.19. The predicted octanol–water partition coefficient (Wildman–Crippen LogP) is 0.256. The molecule has 3 N–H and O–H groups in total. The molecular formula is C10H14FN3O2. The minimum atomic E-state index is -0.656. The maximum absolute atomic E-state index is 12.9. The number of amides is 1. The van der Waals surface area contributed by atoms with Gasteiger partial charge in [0.05, 0.1) is 17.9 Å². The number of carbonyl (C=O) groups excluding carboxylic acids is 1. The van der Waals surface area contributed by atoms with E-state index < -0.39 is 17.8 Å². The Hall–Kier alpha value is -1.69. The van der Waals surface area contributed by atoms with Crippen LogP contribution < -0.4 is 5.73 Å². The molecule has 0 saturated carbocycles. The molecule has 0 aromatic carbocycles. The van der Waals surface area contributed by atoms with Crippen LogP contribution in [0.4, 0.5) is 10.2 Å². The highest BCUT2D eigenvalue weighted by atomic mass is 19.1. The molecule has 88 valence electrons. The maximum Gasteiger partial charge on any atom is 0.257 e. The van der Waals surface area contributed by atoms with Crippen molar-refractivity contribution in [3.05, 3.63) is 23.6 Å². The zero-order chi connectivity index (χ0) is 12.3. The Bertz CT molecular complexity index is 396. The van der Waals surface area contributed by atoms with E-state index in [4.69, 9.17) is 10.8 Å². The summed E-state index contributed by atoms with van der Waals surface area (Å²) in [6.45, 7) is 1.70. The van der Waals surface area contributed by atoms with Crippen molar-refractivity contribution in [3.63, 3.8) is 0 Å². The van der Waals surface area contributed by atoms with Crippen LogP contribution >= 0.6 is 0 Å². The molecule has 1 amide bonds. The van der Waals surface area contributed by atoms with Gasteiger partial charge in [0.15, 0.2) is 0 Å². The highest BCUT2D eigenvalue weighted by Crippen LogP contribution is 2.12. The predicted molar refractivity (Wildman–Crippen MR) is 57.2 cm³/mol. The molecule has 1 aromatic rings. The molecule has 0 aliphatic heterocycles. The number of hydrogen-bond donors (Lipinski definition) is 2. The first-order valence-electron chi connectivity index (χ1n) is 4.76. The summed E-state index contributed by atoms with van der Waals surface area (Å²) in [7, 11) is 1.50. The number of nitrogen functional groups attached to an aromatic ring is 1. The van der Waals surface area contributed by atoms with E-state index >= 15 is 0 Å². The number of likely N-dealkylation sites (N-methyl/N-ethyl adjacent to an activating group) is 1. The van der Waals surface area contributed by atoms with Gasteiger partial charge >= 0.3 is 0 Å². The van der Waals surface area contributed by atoms with E-state index in [1.807, 2.05) is 0 Å². The second-order valence-corrected chi connectivity index (χ2v) is 3.62. The number of nitrogens with two attached hydrogens (primary N) is 1. The van der Waals surface area contributed by atoms with Crippen LogP contribution in [0.5, 0.6) is 0 Å². The van der Waals surface area contributed by atoms with Crippen molar-refractivity contribution in [1.29, 1.82) is 0 Å². The summed E-state index contributed by atoms with van der Waals surface area (Å²) in [5.74, 6) is -1.11. The molecule has 0 aliphatic rings. The first-order valence-corrected chi connectivity index (χ1v) is 4.76. The van der Waals surface area contributed by atoms with Crippen LogP contribution in [0.1, 0.15) is 17.3 Å². The number of aliphatic hydroxyl groups is 1. The Morgan fingerprint density at radius 1 is 1.75 bits per heavy atom. The molecule has 0 aliphatic carbocycles. The maximum atomic E-state index is 12.9. The molecule has 0 radical (unpaired) electrons. The van der Waals surface area contributed by atoms with Crippen LogP contribution in [0.25, 0.3) is 0 Å². The number of halogens is 1. The summed E-state index contributed by atoms with van der Waals surface area (Å²) < 4.78 is 12.9. The Morgan fingerprint density at radius 2 is 2.38 bits per heavy atom. The highest BCUT2D eigenvalue weighted by molar-refractivity contribution is 5.98. The Morgan fingerprint density at radius 3 is 2.94 bits per heavy atom. The van der Waals surface area contributed by atoms with Crippen molar-refractivity contribution in [3.8, 4) is 0 Å². The van der Waals surface area contributed by atoms with Crippen molar-refractivity contribution < 1.29 is 14.3 Å². The molecule has 1 rings (SSSR count). The average molecular weight is 227 g/mol. The van der Waals surface area contributed by atoms with Crippen molar-refractivity contribution >= 4 is 11.7 Å². The fraction of sp³-hybridized carbons (Fsp3) is 0.400. The van der Waals surface area contributed by atoms with Gasteiger partial charge in [0.2, 0.25) is 0 Å². The van der Waals surface area contributed by atoms with Gasteiger partial charge in [-0.05, 0) is 13.0 Å². The molecule has 1 heterocycles. The minimum absolute atomic E-state index is 0.00292.